The molecule has 40 heavy (non-hydrogen) atoms. The molecule has 2 N–H and O–H groups in total. The number of rotatable bonds is 6. The maximum Gasteiger partial charge on any atom is 0.226 e. The largest absolute Gasteiger partial charge is 0.351 e. The quantitative estimate of drug-likeness (QED) is 0.234. The van der Waals surface area contributed by atoms with E-state index >= 15 is 0 Å². The van der Waals surface area contributed by atoms with Gasteiger partial charge in [-0.25, -0.2) is 0 Å². The van der Waals surface area contributed by atoms with Gasteiger partial charge in [0.1, 0.15) is 0 Å². The molecule has 8 heteroatoms. The number of hydrogen-bond donors (Lipinski definition) is 2. The van der Waals surface area contributed by atoms with E-state index in [4.69, 9.17) is 28.8 Å². The smallest absolute Gasteiger partial charge is 0.226 e. The number of amides is 1. The Bertz CT molecular complexity index is 1600. The number of nitrogens with one attached hydrogen (secondary N) is 2. The molecule has 1 amide bonds. The third-order valence-electron chi connectivity index (χ3n) is 7.72. The normalized spacial score (nSPS) is 16.9. The van der Waals surface area contributed by atoms with Crippen LogP contribution in [0.25, 0.3) is 5.69 Å². The average Bonchev–Trinajstić information content (AvgIpc) is 3.42. The summed E-state index contributed by atoms with van der Waals surface area (Å²) < 4.78 is 2.32. The van der Waals surface area contributed by atoms with Crippen LogP contribution >= 0.6 is 23.8 Å². The second-order valence-electron chi connectivity index (χ2n) is 10.7. The first-order chi connectivity index (χ1) is 19.1. The SMILES string of the molecule is Cc1cccc(-n2c(C)cc([C@@H]3[C@H](c4ccccn4)NC(=S)N3c3ccc(NC(=O)C(C)C)c(Cl)c3)c2C)c1C. The van der Waals surface area contributed by atoms with Crippen LogP contribution in [0.15, 0.2) is 66.9 Å². The van der Waals surface area contributed by atoms with Gasteiger partial charge in [0.15, 0.2) is 5.11 Å². The van der Waals surface area contributed by atoms with E-state index in [1.807, 2.05) is 56.4 Å². The highest BCUT2D eigenvalue weighted by Gasteiger charge is 2.42. The monoisotopic (exact) mass is 571 g/mol. The second kappa shape index (κ2) is 11.1. The number of nitrogens with zero attached hydrogens (tertiary/aromatic N) is 3. The lowest BCUT2D eigenvalue weighted by atomic mass is 9.96. The summed E-state index contributed by atoms with van der Waals surface area (Å²) in [6.07, 6.45) is 1.81. The molecule has 2 aromatic heterocycles. The minimum absolute atomic E-state index is 0.0833. The van der Waals surface area contributed by atoms with Crippen LogP contribution in [-0.2, 0) is 4.79 Å². The molecule has 0 bridgehead atoms. The molecule has 1 fully saturated rings. The number of thiocarbonyl (C=S) groups is 1. The zero-order chi connectivity index (χ0) is 28.7. The van der Waals surface area contributed by atoms with E-state index in [0.717, 1.165) is 28.3 Å². The van der Waals surface area contributed by atoms with Crippen LogP contribution in [-0.4, -0.2) is 20.6 Å². The lowest BCUT2D eigenvalue weighted by Crippen LogP contribution is -2.29. The van der Waals surface area contributed by atoms with Gasteiger partial charge < -0.3 is 20.1 Å². The molecule has 1 aliphatic rings. The van der Waals surface area contributed by atoms with Crippen molar-refractivity contribution in [1.29, 1.82) is 0 Å². The lowest BCUT2D eigenvalue weighted by molar-refractivity contribution is -0.118. The number of carbonyl (C=O) groups is 1. The molecule has 5 rings (SSSR count). The Morgan fingerprint density at radius 2 is 1.82 bits per heavy atom. The van der Waals surface area contributed by atoms with Crippen molar-refractivity contribution in [2.24, 2.45) is 5.92 Å². The highest BCUT2D eigenvalue weighted by Crippen LogP contribution is 2.45. The van der Waals surface area contributed by atoms with Gasteiger partial charge in [-0.15, -0.1) is 0 Å². The molecule has 0 spiro atoms. The number of anilines is 2. The molecule has 0 radical (unpaired) electrons. The van der Waals surface area contributed by atoms with Crippen LogP contribution in [0.4, 0.5) is 11.4 Å². The van der Waals surface area contributed by atoms with Crippen LogP contribution < -0.4 is 15.5 Å². The predicted octanol–water partition coefficient (Wildman–Crippen LogP) is 7.53. The molecule has 0 aliphatic carbocycles. The van der Waals surface area contributed by atoms with E-state index in [0.29, 0.717) is 15.8 Å². The van der Waals surface area contributed by atoms with E-state index in [2.05, 4.69) is 72.1 Å². The molecule has 2 aromatic carbocycles. The highest BCUT2D eigenvalue weighted by molar-refractivity contribution is 7.80. The first kappa shape index (κ1) is 27.9. The van der Waals surface area contributed by atoms with Crippen LogP contribution in [0.3, 0.4) is 0 Å². The van der Waals surface area contributed by atoms with Crippen LogP contribution in [0.1, 0.15) is 59.7 Å². The molecule has 0 saturated carbocycles. The van der Waals surface area contributed by atoms with Crippen LogP contribution in [0, 0.1) is 33.6 Å². The van der Waals surface area contributed by atoms with Gasteiger partial charge in [0.05, 0.1) is 28.5 Å². The van der Waals surface area contributed by atoms with E-state index in [1.54, 1.807) is 0 Å². The van der Waals surface area contributed by atoms with Crippen LogP contribution in [0.2, 0.25) is 5.02 Å². The van der Waals surface area contributed by atoms with Crippen molar-refractivity contribution in [3.63, 3.8) is 0 Å². The summed E-state index contributed by atoms with van der Waals surface area (Å²) in [5.41, 5.74) is 9.42. The van der Waals surface area contributed by atoms with Gasteiger partial charge in [0.2, 0.25) is 5.91 Å². The highest BCUT2D eigenvalue weighted by atomic mass is 35.5. The number of benzene rings is 2. The fraction of sp³-hybridized carbons (Fsp3) is 0.281. The summed E-state index contributed by atoms with van der Waals surface area (Å²) in [5, 5.41) is 7.49. The van der Waals surface area contributed by atoms with E-state index < -0.39 is 0 Å². The maximum atomic E-state index is 12.3. The predicted molar refractivity (Wildman–Crippen MR) is 168 cm³/mol. The van der Waals surface area contributed by atoms with Crippen molar-refractivity contribution in [2.45, 2.75) is 53.6 Å². The third kappa shape index (κ3) is 5.00. The summed E-state index contributed by atoms with van der Waals surface area (Å²) in [4.78, 5) is 19.1. The van der Waals surface area contributed by atoms with Crippen LogP contribution in [0.5, 0.6) is 0 Å². The summed E-state index contributed by atoms with van der Waals surface area (Å²) in [6, 6.07) is 19.9. The zero-order valence-corrected chi connectivity index (χ0v) is 25.2. The standard InChI is InChI=1S/C32H34ClN5OS/c1-18(2)31(39)35-26-14-13-23(17-25(26)33)38-30(29(36-32(38)40)27-11-7-8-15-34-27)24-16-20(4)37(22(24)6)28-12-9-10-19(3)21(28)5/h7-18,29-30H,1-6H3,(H,35,39)(H,36,40)/t29-,30+/m0/s1. The molecule has 206 valence electrons. The van der Waals surface area contributed by atoms with Gasteiger partial charge in [-0.05, 0) is 99.1 Å². The molecular weight excluding hydrogens is 538 g/mol. The molecule has 1 aliphatic heterocycles. The Kier molecular flexibility index (Phi) is 7.71. The van der Waals surface area contributed by atoms with Crippen molar-refractivity contribution in [3.05, 3.63) is 106 Å². The minimum atomic E-state index is -0.181. The fourth-order valence-corrected chi connectivity index (χ4v) is 5.98. The Balaban J connectivity index is 1.64. The van der Waals surface area contributed by atoms with E-state index in [-0.39, 0.29) is 23.9 Å². The summed E-state index contributed by atoms with van der Waals surface area (Å²) in [5.74, 6) is -0.234. The van der Waals surface area contributed by atoms with Crippen molar-refractivity contribution in [3.8, 4) is 5.69 Å². The summed E-state index contributed by atoms with van der Waals surface area (Å²) in [6.45, 7) is 12.3. The Morgan fingerprint density at radius 1 is 1.05 bits per heavy atom. The summed E-state index contributed by atoms with van der Waals surface area (Å²) >= 11 is 12.6. The molecule has 6 nitrogen and oxygen atoms in total. The van der Waals surface area contributed by atoms with Crippen molar-refractivity contribution < 1.29 is 4.79 Å². The van der Waals surface area contributed by atoms with Crippen molar-refractivity contribution in [1.82, 2.24) is 14.9 Å². The lowest BCUT2D eigenvalue weighted by Gasteiger charge is -2.28. The zero-order valence-electron chi connectivity index (χ0n) is 23.6. The molecule has 1 saturated heterocycles. The number of halogens is 1. The molecule has 3 heterocycles. The Labute approximate surface area is 246 Å². The molecule has 0 unspecified atom stereocenters. The van der Waals surface area contributed by atoms with Crippen molar-refractivity contribution in [2.75, 3.05) is 10.2 Å². The van der Waals surface area contributed by atoms with Gasteiger partial charge >= 0.3 is 0 Å². The fourth-order valence-electron chi connectivity index (χ4n) is 5.42. The third-order valence-corrected chi connectivity index (χ3v) is 8.34. The van der Waals surface area contributed by atoms with Gasteiger partial charge in [-0.3, -0.25) is 9.78 Å². The number of pyridine rings is 1. The first-order valence-electron chi connectivity index (χ1n) is 13.4. The van der Waals surface area contributed by atoms with E-state index in [1.165, 1.54) is 16.8 Å². The number of aromatic nitrogens is 2. The molecular formula is C32H34ClN5OS. The molecule has 4 aromatic rings. The van der Waals surface area contributed by atoms with Gasteiger partial charge in [-0.2, -0.15) is 0 Å². The summed E-state index contributed by atoms with van der Waals surface area (Å²) in [7, 11) is 0. The van der Waals surface area contributed by atoms with Gasteiger partial charge in [-0.1, -0.05) is 43.6 Å². The maximum absolute atomic E-state index is 12.3. The van der Waals surface area contributed by atoms with Gasteiger partial charge in [0, 0.05) is 34.9 Å². The topological polar surface area (TPSA) is 62.2 Å². The second-order valence-corrected chi connectivity index (χ2v) is 11.5. The van der Waals surface area contributed by atoms with Gasteiger partial charge in [0.25, 0.3) is 0 Å². The Morgan fingerprint density at radius 3 is 2.50 bits per heavy atom. The number of hydrogen-bond acceptors (Lipinski definition) is 3. The average molecular weight is 572 g/mol. The first-order valence-corrected chi connectivity index (χ1v) is 14.2. The van der Waals surface area contributed by atoms with E-state index in [9.17, 15) is 4.79 Å². The number of carbonyl (C=O) groups excluding carboxylic acids is 1. The van der Waals surface area contributed by atoms with Crippen molar-refractivity contribution >= 4 is 46.2 Å². The Hall–Kier alpha value is -3.68. The molecule has 2 atom stereocenters. The minimum Gasteiger partial charge on any atom is -0.351 e. The number of aryl methyl sites for hydroxylation is 2.